The van der Waals surface area contributed by atoms with Crippen LogP contribution in [0.15, 0.2) is 24.3 Å². The number of nitrogens with zero attached hydrogens (tertiary/aromatic N) is 3. The molecular formula is C17H28N4. The van der Waals surface area contributed by atoms with Crippen molar-refractivity contribution in [2.45, 2.75) is 39.3 Å². The van der Waals surface area contributed by atoms with Crippen LogP contribution in [0.25, 0.3) is 11.0 Å². The van der Waals surface area contributed by atoms with Crippen LogP contribution in [0.3, 0.4) is 0 Å². The molecular weight excluding hydrogens is 260 g/mol. The zero-order valence-corrected chi connectivity index (χ0v) is 13.9. The third kappa shape index (κ3) is 3.44. The Morgan fingerprint density at radius 3 is 2.52 bits per heavy atom. The fraction of sp³-hybridized carbons (Fsp3) is 0.588. The maximum atomic E-state index is 6.15. The van der Waals surface area contributed by atoms with Crippen LogP contribution in [0.1, 0.15) is 39.1 Å². The van der Waals surface area contributed by atoms with Crippen molar-refractivity contribution < 1.29 is 0 Å². The largest absolute Gasteiger partial charge is 0.330 e. The second-order valence-electron chi connectivity index (χ2n) is 6.37. The van der Waals surface area contributed by atoms with E-state index in [0.717, 1.165) is 24.3 Å². The van der Waals surface area contributed by atoms with E-state index < -0.39 is 0 Å². The van der Waals surface area contributed by atoms with Gasteiger partial charge in [0.1, 0.15) is 5.82 Å². The van der Waals surface area contributed by atoms with Gasteiger partial charge in [0, 0.05) is 19.6 Å². The molecule has 116 valence electrons. The summed E-state index contributed by atoms with van der Waals surface area (Å²) in [7, 11) is 4.24. The Bertz CT molecular complexity index is 587. The molecule has 2 N–H and O–H groups in total. The zero-order valence-electron chi connectivity index (χ0n) is 13.9. The predicted molar refractivity (Wildman–Crippen MR) is 89.2 cm³/mol. The molecule has 0 amide bonds. The summed E-state index contributed by atoms with van der Waals surface area (Å²) in [6, 6.07) is 8.83. The number of para-hydroxylation sites is 2. The summed E-state index contributed by atoms with van der Waals surface area (Å²) in [5.41, 5.74) is 8.40. The minimum Gasteiger partial charge on any atom is -0.330 e. The summed E-state index contributed by atoms with van der Waals surface area (Å²) in [6.45, 7) is 7.56. The molecule has 21 heavy (non-hydrogen) atoms. The first-order valence-electron chi connectivity index (χ1n) is 7.79. The average Bonchev–Trinajstić information content (AvgIpc) is 2.81. The number of rotatable bonds is 6. The van der Waals surface area contributed by atoms with Crippen molar-refractivity contribution in [1.82, 2.24) is 14.5 Å². The van der Waals surface area contributed by atoms with E-state index in [1.807, 2.05) is 6.07 Å². The highest BCUT2D eigenvalue weighted by atomic mass is 15.2. The molecule has 2 aromatic rings. The smallest absolute Gasteiger partial charge is 0.126 e. The molecule has 1 aromatic heterocycles. The van der Waals surface area contributed by atoms with Gasteiger partial charge in [-0.2, -0.15) is 0 Å². The third-order valence-electron chi connectivity index (χ3n) is 4.53. The van der Waals surface area contributed by atoms with Gasteiger partial charge in [0.2, 0.25) is 0 Å². The Morgan fingerprint density at radius 1 is 1.24 bits per heavy atom. The fourth-order valence-electron chi connectivity index (χ4n) is 2.61. The second kappa shape index (κ2) is 6.58. The van der Waals surface area contributed by atoms with Crippen molar-refractivity contribution >= 4 is 11.0 Å². The second-order valence-corrected chi connectivity index (χ2v) is 6.37. The van der Waals surface area contributed by atoms with Crippen molar-refractivity contribution in [3.05, 3.63) is 30.1 Å². The van der Waals surface area contributed by atoms with Gasteiger partial charge in [-0.05, 0) is 38.4 Å². The number of hydrogen-bond donors (Lipinski definition) is 1. The number of imidazole rings is 1. The number of nitrogens with two attached hydrogens (primary N) is 1. The Morgan fingerprint density at radius 2 is 1.90 bits per heavy atom. The molecule has 0 bridgehead atoms. The van der Waals surface area contributed by atoms with Gasteiger partial charge < -0.3 is 10.3 Å². The van der Waals surface area contributed by atoms with Crippen LogP contribution in [0.2, 0.25) is 0 Å². The highest BCUT2D eigenvalue weighted by Gasteiger charge is 2.19. The van der Waals surface area contributed by atoms with E-state index in [1.165, 1.54) is 5.52 Å². The number of benzene rings is 1. The first kappa shape index (κ1) is 16.0. The summed E-state index contributed by atoms with van der Waals surface area (Å²) < 4.78 is 2.19. The van der Waals surface area contributed by atoms with E-state index in [2.05, 4.69) is 62.5 Å². The third-order valence-corrected chi connectivity index (χ3v) is 4.53. The fourth-order valence-corrected chi connectivity index (χ4v) is 2.61. The minimum atomic E-state index is 0.264. The van der Waals surface area contributed by atoms with E-state index in [0.29, 0.717) is 5.92 Å². The van der Waals surface area contributed by atoms with Gasteiger partial charge in [-0.3, -0.25) is 4.90 Å². The minimum absolute atomic E-state index is 0.264. The molecule has 2 rings (SSSR count). The van der Waals surface area contributed by atoms with Crippen molar-refractivity contribution in [2.75, 3.05) is 13.6 Å². The van der Waals surface area contributed by atoms with Crippen LogP contribution in [0.4, 0.5) is 0 Å². The molecule has 2 unspecified atom stereocenters. The Kier molecular flexibility index (Phi) is 5.01. The molecule has 1 aromatic carbocycles. The summed E-state index contributed by atoms with van der Waals surface area (Å²) in [4.78, 5) is 7.12. The van der Waals surface area contributed by atoms with E-state index in [1.54, 1.807) is 0 Å². The first-order chi connectivity index (χ1) is 9.91. The quantitative estimate of drug-likeness (QED) is 0.889. The van der Waals surface area contributed by atoms with Gasteiger partial charge in [0.15, 0.2) is 0 Å². The molecule has 1 heterocycles. The van der Waals surface area contributed by atoms with Gasteiger partial charge in [0.05, 0.1) is 17.1 Å². The van der Waals surface area contributed by atoms with E-state index in [9.17, 15) is 0 Å². The molecule has 0 saturated carbocycles. The summed E-state index contributed by atoms with van der Waals surface area (Å²) in [5, 5.41) is 0. The van der Waals surface area contributed by atoms with Crippen molar-refractivity contribution in [1.29, 1.82) is 0 Å². The van der Waals surface area contributed by atoms with Crippen LogP contribution in [0.5, 0.6) is 0 Å². The topological polar surface area (TPSA) is 47.1 Å². The Hall–Kier alpha value is -1.39. The highest BCUT2D eigenvalue weighted by Crippen LogP contribution is 2.23. The standard InChI is InChI=1S/C17H28N4/c1-12(2)14(18)10-11-20(4)13(3)17-19-15-8-6-7-9-16(15)21(17)5/h6-9,12-14H,10-11,18H2,1-5H3. The van der Waals surface area contributed by atoms with Crippen LogP contribution < -0.4 is 5.73 Å². The van der Waals surface area contributed by atoms with Crippen molar-refractivity contribution in [2.24, 2.45) is 18.7 Å². The zero-order chi connectivity index (χ0) is 15.6. The van der Waals surface area contributed by atoms with Crippen LogP contribution >= 0.6 is 0 Å². The molecule has 0 radical (unpaired) electrons. The summed E-state index contributed by atoms with van der Waals surface area (Å²) >= 11 is 0. The summed E-state index contributed by atoms with van der Waals surface area (Å²) in [5.74, 6) is 1.64. The van der Waals surface area contributed by atoms with Gasteiger partial charge in [0.25, 0.3) is 0 Å². The Labute approximate surface area is 128 Å². The van der Waals surface area contributed by atoms with Crippen LogP contribution in [0, 0.1) is 5.92 Å². The van der Waals surface area contributed by atoms with E-state index in [-0.39, 0.29) is 12.1 Å². The first-order valence-corrected chi connectivity index (χ1v) is 7.79. The lowest BCUT2D eigenvalue weighted by Crippen LogP contribution is -2.33. The molecule has 0 spiro atoms. The van der Waals surface area contributed by atoms with Gasteiger partial charge >= 0.3 is 0 Å². The number of fused-ring (bicyclic) bond motifs is 1. The molecule has 0 fully saturated rings. The lowest BCUT2D eigenvalue weighted by molar-refractivity contribution is 0.233. The maximum absolute atomic E-state index is 6.15. The molecule has 2 atom stereocenters. The maximum Gasteiger partial charge on any atom is 0.126 e. The van der Waals surface area contributed by atoms with Crippen molar-refractivity contribution in [3.63, 3.8) is 0 Å². The molecule has 4 heteroatoms. The molecule has 0 saturated heterocycles. The van der Waals surface area contributed by atoms with Crippen molar-refractivity contribution in [3.8, 4) is 0 Å². The number of aromatic nitrogens is 2. The Balaban J connectivity index is 2.10. The van der Waals surface area contributed by atoms with Crippen LogP contribution in [-0.4, -0.2) is 34.1 Å². The van der Waals surface area contributed by atoms with E-state index in [4.69, 9.17) is 10.7 Å². The van der Waals surface area contributed by atoms with E-state index >= 15 is 0 Å². The lowest BCUT2D eigenvalue weighted by atomic mass is 10.0. The number of hydrogen-bond acceptors (Lipinski definition) is 3. The lowest BCUT2D eigenvalue weighted by Gasteiger charge is -2.26. The predicted octanol–water partition coefficient (Wildman–Crippen LogP) is 2.94. The monoisotopic (exact) mass is 288 g/mol. The normalized spacial score (nSPS) is 15.0. The molecule has 0 aliphatic rings. The van der Waals surface area contributed by atoms with Crippen LogP contribution in [-0.2, 0) is 7.05 Å². The average molecular weight is 288 g/mol. The molecule has 4 nitrogen and oxygen atoms in total. The van der Waals surface area contributed by atoms with Gasteiger partial charge in [-0.1, -0.05) is 26.0 Å². The molecule has 0 aliphatic heterocycles. The SMILES string of the molecule is CC(C)C(N)CCN(C)C(C)c1nc2ccccc2n1C. The highest BCUT2D eigenvalue weighted by molar-refractivity contribution is 5.75. The molecule has 0 aliphatic carbocycles. The number of aryl methyl sites for hydroxylation is 1. The summed E-state index contributed by atoms with van der Waals surface area (Å²) in [6.07, 6.45) is 1.02. The van der Waals surface area contributed by atoms with Gasteiger partial charge in [-0.15, -0.1) is 0 Å². The van der Waals surface area contributed by atoms with Gasteiger partial charge in [-0.25, -0.2) is 4.98 Å².